The standard InChI is InChI=1S/C23H25FN4O4/c24-15-7-5-14(6-8-15)22(30)27-11-9-17-16(13-27)21(29)26-20(25-17)18-3-1-10-28(18)23(31)19-4-2-12-32-19/h5-8,18-19H,1-4,9-13H2,(H,25,26,29)/t18-,19+/m1/s1. The average Bonchev–Trinajstić information content (AvgIpc) is 3.51. The van der Waals surface area contributed by atoms with Gasteiger partial charge in [0, 0.05) is 31.7 Å². The molecule has 0 bridgehead atoms. The van der Waals surface area contributed by atoms with Crippen LogP contribution in [0.1, 0.15) is 59.2 Å². The molecule has 2 aromatic rings. The molecule has 1 aromatic heterocycles. The van der Waals surface area contributed by atoms with E-state index in [1.165, 1.54) is 24.3 Å². The van der Waals surface area contributed by atoms with Crippen LogP contribution in [0.15, 0.2) is 29.1 Å². The molecule has 0 aliphatic carbocycles. The van der Waals surface area contributed by atoms with Crippen molar-refractivity contribution in [3.8, 4) is 0 Å². The number of benzene rings is 1. The number of aromatic amines is 1. The van der Waals surface area contributed by atoms with Crippen molar-refractivity contribution in [1.82, 2.24) is 19.8 Å². The second kappa shape index (κ2) is 8.46. The van der Waals surface area contributed by atoms with E-state index in [1.54, 1.807) is 9.80 Å². The van der Waals surface area contributed by atoms with E-state index >= 15 is 0 Å². The minimum atomic E-state index is -0.405. The van der Waals surface area contributed by atoms with Crippen molar-refractivity contribution < 1.29 is 18.7 Å². The Kier molecular flexibility index (Phi) is 5.50. The van der Waals surface area contributed by atoms with Gasteiger partial charge in [0.1, 0.15) is 17.7 Å². The van der Waals surface area contributed by atoms with Crippen LogP contribution in [0.25, 0.3) is 0 Å². The van der Waals surface area contributed by atoms with Gasteiger partial charge in [0.05, 0.1) is 23.8 Å². The lowest BCUT2D eigenvalue weighted by atomic mass is 10.0. The van der Waals surface area contributed by atoms with Crippen LogP contribution in [0.2, 0.25) is 0 Å². The molecule has 0 saturated carbocycles. The number of aromatic nitrogens is 2. The zero-order valence-electron chi connectivity index (χ0n) is 17.7. The van der Waals surface area contributed by atoms with Gasteiger partial charge in [-0.15, -0.1) is 0 Å². The Hall–Kier alpha value is -3.07. The Labute approximate surface area is 184 Å². The minimum Gasteiger partial charge on any atom is -0.368 e. The molecule has 2 saturated heterocycles. The number of H-pyrrole nitrogens is 1. The molecule has 2 amide bonds. The van der Waals surface area contributed by atoms with Crippen LogP contribution in [-0.2, 0) is 22.5 Å². The topological polar surface area (TPSA) is 95.6 Å². The van der Waals surface area contributed by atoms with Gasteiger partial charge in [-0.1, -0.05) is 0 Å². The summed E-state index contributed by atoms with van der Waals surface area (Å²) in [5, 5.41) is 0. The van der Waals surface area contributed by atoms with Crippen LogP contribution in [0.3, 0.4) is 0 Å². The number of halogens is 1. The van der Waals surface area contributed by atoms with Crippen molar-refractivity contribution in [2.24, 2.45) is 0 Å². The lowest BCUT2D eigenvalue weighted by Crippen LogP contribution is -2.42. The zero-order chi connectivity index (χ0) is 22.2. The van der Waals surface area contributed by atoms with Crippen molar-refractivity contribution in [3.05, 3.63) is 63.1 Å². The summed E-state index contributed by atoms with van der Waals surface area (Å²) in [4.78, 5) is 49.5. The monoisotopic (exact) mass is 440 g/mol. The van der Waals surface area contributed by atoms with Gasteiger partial charge in [0.15, 0.2) is 0 Å². The van der Waals surface area contributed by atoms with Crippen LogP contribution in [0.4, 0.5) is 4.39 Å². The van der Waals surface area contributed by atoms with E-state index < -0.39 is 11.9 Å². The molecule has 5 rings (SSSR count). The Bertz CT molecular complexity index is 1090. The molecule has 8 nitrogen and oxygen atoms in total. The van der Waals surface area contributed by atoms with Gasteiger partial charge in [-0.05, 0) is 49.9 Å². The molecular weight excluding hydrogens is 415 g/mol. The van der Waals surface area contributed by atoms with Gasteiger partial charge in [-0.25, -0.2) is 9.37 Å². The molecule has 2 fully saturated rings. The second-order valence-corrected chi connectivity index (χ2v) is 8.55. The Morgan fingerprint density at radius 1 is 1.12 bits per heavy atom. The predicted octanol–water partition coefficient (Wildman–Crippen LogP) is 1.95. The largest absolute Gasteiger partial charge is 0.368 e. The number of likely N-dealkylation sites (tertiary alicyclic amines) is 1. The lowest BCUT2D eigenvalue weighted by molar-refractivity contribution is -0.142. The van der Waals surface area contributed by atoms with E-state index in [0.717, 1.165) is 25.7 Å². The molecule has 32 heavy (non-hydrogen) atoms. The molecule has 2 atom stereocenters. The van der Waals surface area contributed by atoms with E-state index in [0.29, 0.717) is 48.8 Å². The lowest BCUT2D eigenvalue weighted by Gasteiger charge is -2.30. The first-order chi connectivity index (χ1) is 15.5. The van der Waals surface area contributed by atoms with E-state index in [4.69, 9.17) is 9.72 Å². The summed E-state index contributed by atoms with van der Waals surface area (Å²) in [6.07, 6.45) is 3.26. The number of carbonyl (C=O) groups is 2. The average molecular weight is 440 g/mol. The molecule has 0 spiro atoms. The summed E-state index contributed by atoms with van der Waals surface area (Å²) < 4.78 is 18.7. The third-order valence-electron chi connectivity index (χ3n) is 6.52. The van der Waals surface area contributed by atoms with Gasteiger partial charge in [0.2, 0.25) is 0 Å². The fraction of sp³-hybridized carbons (Fsp3) is 0.478. The van der Waals surface area contributed by atoms with Crippen LogP contribution >= 0.6 is 0 Å². The normalized spacial score (nSPS) is 22.8. The molecule has 4 heterocycles. The molecule has 1 aromatic carbocycles. The first-order valence-electron chi connectivity index (χ1n) is 11.1. The minimum absolute atomic E-state index is 0.0264. The summed E-state index contributed by atoms with van der Waals surface area (Å²) in [5.74, 6) is -0.168. The first-order valence-corrected chi connectivity index (χ1v) is 11.1. The van der Waals surface area contributed by atoms with Crippen molar-refractivity contribution in [3.63, 3.8) is 0 Å². The summed E-state index contributed by atoms with van der Waals surface area (Å²) >= 11 is 0. The number of hydrogen-bond donors (Lipinski definition) is 1. The van der Waals surface area contributed by atoms with Gasteiger partial charge in [0.25, 0.3) is 17.4 Å². The predicted molar refractivity (Wildman–Crippen MR) is 112 cm³/mol. The Morgan fingerprint density at radius 3 is 2.69 bits per heavy atom. The third kappa shape index (κ3) is 3.81. The maximum Gasteiger partial charge on any atom is 0.256 e. The summed E-state index contributed by atoms with van der Waals surface area (Å²) in [5.41, 5.74) is 1.23. The van der Waals surface area contributed by atoms with Gasteiger partial charge in [-0.3, -0.25) is 14.4 Å². The first kappa shape index (κ1) is 20.8. The fourth-order valence-corrected chi connectivity index (χ4v) is 4.82. The summed E-state index contributed by atoms with van der Waals surface area (Å²) in [6.45, 7) is 1.81. The maximum absolute atomic E-state index is 13.2. The molecule has 0 unspecified atom stereocenters. The highest BCUT2D eigenvalue weighted by atomic mass is 19.1. The highest BCUT2D eigenvalue weighted by molar-refractivity contribution is 5.94. The van der Waals surface area contributed by atoms with E-state index in [1.807, 2.05) is 0 Å². The van der Waals surface area contributed by atoms with E-state index in [9.17, 15) is 18.8 Å². The molecule has 3 aliphatic rings. The van der Waals surface area contributed by atoms with Gasteiger partial charge >= 0.3 is 0 Å². The van der Waals surface area contributed by atoms with Gasteiger partial charge < -0.3 is 19.5 Å². The maximum atomic E-state index is 13.2. The zero-order valence-corrected chi connectivity index (χ0v) is 17.7. The number of rotatable bonds is 3. The number of nitrogens with zero attached hydrogens (tertiary/aromatic N) is 3. The van der Waals surface area contributed by atoms with E-state index in [-0.39, 0.29) is 30.0 Å². The van der Waals surface area contributed by atoms with Crippen molar-refractivity contribution >= 4 is 11.8 Å². The Morgan fingerprint density at radius 2 is 1.94 bits per heavy atom. The second-order valence-electron chi connectivity index (χ2n) is 8.55. The molecule has 3 aliphatic heterocycles. The van der Waals surface area contributed by atoms with Crippen LogP contribution in [0, 0.1) is 5.82 Å². The molecule has 1 N–H and O–H groups in total. The van der Waals surface area contributed by atoms with Crippen molar-refractivity contribution in [2.75, 3.05) is 19.7 Å². The highest BCUT2D eigenvalue weighted by Crippen LogP contribution is 2.32. The summed E-state index contributed by atoms with van der Waals surface area (Å²) in [7, 11) is 0. The number of nitrogens with one attached hydrogen (secondary N) is 1. The quantitative estimate of drug-likeness (QED) is 0.787. The van der Waals surface area contributed by atoms with Crippen LogP contribution in [0.5, 0.6) is 0 Å². The Balaban J connectivity index is 1.36. The molecule has 9 heteroatoms. The number of fused-ring (bicyclic) bond motifs is 1. The third-order valence-corrected chi connectivity index (χ3v) is 6.52. The smallest absolute Gasteiger partial charge is 0.256 e. The van der Waals surface area contributed by atoms with Crippen LogP contribution < -0.4 is 5.56 Å². The number of carbonyl (C=O) groups excluding carboxylic acids is 2. The van der Waals surface area contributed by atoms with Crippen molar-refractivity contribution in [1.29, 1.82) is 0 Å². The molecule has 168 valence electrons. The molecule has 0 radical (unpaired) electrons. The van der Waals surface area contributed by atoms with E-state index in [2.05, 4.69) is 4.98 Å². The van der Waals surface area contributed by atoms with Crippen LogP contribution in [-0.4, -0.2) is 57.4 Å². The number of ether oxygens (including phenoxy) is 1. The molecular formula is C23H25FN4O4. The fourth-order valence-electron chi connectivity index (χ4n) is 4.82. The van der Waals surface area contributed by atoms with Crippen molar-refractivity contribution in [2.45, 2.75) is 50.8 Å². The SMILES string of the molecule is O=C(c1ccc(F)cc1)N1CCc2nc([C@H]3CCCN3C(=O)[C@@H]3CCCO3)[nH]c(=O)c2C1. The number of hydrogen-bond acceptors (Lipinski definition) is 5. The summed E-state index contributed by atoms with van der Waals surface area (Å²) in [6, 6.07) is 5.12. The van der Waals surface area contributed by atoms with Gasteiger partial charge in [-0.2, -0.15) is 0 Å². The highest BCUT2D eigenvalue weighted by Gasteiger charge is 2.37. The number of amides is 2.